The van der Waals surface area contributed by atoms with Gasteiger partial charge in [0.15, 0.2) is 6.61 Å². The molecule has 0 atom stereocenters. The van der Waals surface area contributed by atoms with Crippen molar-refractivity contribution >= 4 is 43.5 Å². The van der Waals surface area contributed by atoms with Gasteiger partial charge in [-0.05, 0) is 61.4 Å². The zero-order valence-corrected chi connectivity index (χ0v) is 17.3. The first-order valence-corrected chi connectivity index (χ1v) is 10.9. The van der Waals surface area contributed by atoms with Gasteiger partial charge in [-0.1, -0.05) is 15.9 Å². The maximum absolute atomic E-state index is 12.5. The number of hydrogen-bond donors (Lipinski definition) is 1. The summed E-state index contributed by atoms with van der Waals surface area (Å²) in [4.78, 5) is 24.1. The van der Waals surface area contributed by atoms with Crippen LogP contribution >= 0.6 is 15.9 Å². The van der Waals surface area contributed by atoms with E-state index in [0.29, 0.717) is 24.3 Å². The molecule has 28 heavy (non-hydrogen) atoms. The van der Waals surface area contributed by atoms with E-state index in [1.807, 2.05) is 0 Å². The van der Waals surface area contributed by atoms with Crippen LogP contribution in [0.25, 0.3) is 0 Å². The van der Waals surface area contributed by atoms with Gasteiger partial charge < -0.3 is 10.1 Å². The van der Waals surface area contributed by atoms with Crippen LogP contribution in [0.2, 0.25) is 0 Å². The van der Waals surface area contributed by atoms with Gasteiger partial charge in [-0.25, -0.2) is 13.2 Å². The molecule has 0 saturated carbocycles. The Bertz CT molecular complexity index is 953. The minimum atomic E-state index is -3.49. The Kier molecular flexibility index (Phi) is 6.48. The van der Waals surface area contributed by atoms with Crippen molar-refractivity contribution in [1.29, 1.82) is 0 Å². The van der Waals surface area contributed by atoms with E-state index in [4.69, 9.17) is 4.74 Å². The highest BCUT2D eigenvalue weighted by Crippen LogP contribution is 2.22. The van der Waals surface area contributed by atoms with Crippen molar-refractivity contribution in [3.05, 3.63) is 58.6 Å². The van der Waals surface area contributed by atoms with Crippen LogP contribution < -0.4 is 5.32 Å². The van der Waals surface area contributed by atoms with Gasteiger partial charge in [-0.15, -0.1) is 0 Å². The predicted molar refractivity (Wildman–Crippen MR) is 107 cm³/mol. The molecule has 1 saturated heterocycles. The second-order valence-corrected chi connectivity index (χ2v) is 9.12. The summed E-state index contributed by atoms with van der Waals surface area (Å²) in [5, 5.41) is 2.57. The van der Waals surface area contributed by atoms with Crippen LogP contribution in [0.1, 0.15) is 23.2 Å². The molecule has 1 amide bonds. The summed E-state index contributed by atoms with van der Waals surface area (Å²) in [6.45, 7) is 0.623. The molecule has 1 fully saturated rings. The van der Waals surface area contributed by atoms with Crippen LogP contribution in [0, 0.1) is 0 Å². The maximum Gasteiger partial charge on any atom is 0.338 e. The molecule has 0 unspecified atom stereocenters. The normalized spacial score (nSPS) is 14.6. The van der Waals surface area contributed by atoms with Gasteiger partial charge in [-0.2, -0.15) is 4.31 Å². The number of anilines is 1. The number of ether oxygens (including phenoxy) is 1. The third-order valence-corrected chi connectivity index (χ3v) is 6.70. The number of nitrogens with zero attached hydrogens (tertiary/aromatic N) is 1. The van der Waals surface area contributed by atoms with Crippen molar-refractivity contribution in [3.63, 3.8) is 0 Å². The largest absolute Gasteiger partial charge is 0.452 e. The topological polar surface area (TPSA) is 92.8 Å². The lowest BCUT2D eigenvalue weighted by molar-refractivity contribution is -0.119. The summed E-state index contributed by atoms with van der Waals surface area (Å²) in [6.07, 6.45) is 1.73. The highest BCUT2D eigenvalue weighted by molar-refractivity contribution is 9.10. The SMILES string of the molecule is O=C(COC(=O)c1ccc(Br)cc1)Nc1ccc(S(=O)(=O)N2CCCC2)cc1. The van der Waals surface area contributed by atoms with Crippen LogP contribution in [0.3, 0.4) is 0 Å². The Balaban J connectivity index is 1.54. The molecule has 1 aliphatic rings. The third-order valence-electron chi connectivity index (χ3n) is 4.26. The minimum absolute atomic E-state index is 0.189. The van der Waals surface area contributed by atoms with Crippen LogP contribution in [0.5, 0.6) is 0 Å². The van der Waals surface area contributed by atoms with Gasteiger partial charge >= 0.3 is 5.97 Å². The predicted octanol–water partition coefficient (Wildman–Crippen LogP) is 3.03. The standard InChI is InChI=1S/C19H19BrN2O5S/c20-15-5-3-14(4-6-15)19(24)27-13-18(23)21-16-7-9-17(10-8-16)28(25,26)22-11-1-2-12-22/h3-10H,1-2,11-13H2,(H,21,23). The molecular weight excluding hydrogens is 448 g/mol. The molecule has 2 aromatic rings. The number of halogens is 1. The molecule has 3 rings (SSSR count). The maximum atomic E-state index is 12.5. The van der Waals surface area contributed by atoms with Gasteiger partial charge in [0.25, 0.3) is 5.91 Å². The summed E-state index contributed by atoms with van der Waals surface area (Å²) >= 11 is 3.27. The molecule has 1 heterocycles. The van der Waals surface area contributed by atoms with Crippen LogP contribution in [0.4, 0.5) is 5.69 Å². The summed E-state index contributed by atoms with van der Waals surface area (Å²) in [5.74, 6) is -1.12. The minimum Gasteiger partial charge on any atom is -0.452 e. The van der Waals surface area contributed by atoms with Gasteiger partial charge in [0.2, 0.25) is 10.0 Å². The van der Waals surface area contributed by atoms with E-state index in [-0.39, 0.29) is 4.90 Å². The first-order valence-electron chi connectivity index (χ1n) is 8.69. The number of carbonyl (C=O) groups is 2. The molecule has 0 aliphatic carbocycles. The highest BCUT2D eigenvalue weighted by atomic mass is 79.9. The lowest BCUT2D eigenvalue weighted by Gasteiger charge is -2.15. The van der Waals surface area contributed by atoms with E-state index in [0.717, 1.165) is 17.3 Å². The Hall–Kier alpha value is -2.23. The quantitative estimate of drug-likeness (QED) is 0.660. The summed E-state index contributed by atoms with van der Waals surface area (Å²) in [5.41, 5.74) is 0.762. The lowest BCUT2D eigenvalue weighted by atomic mass is 10.2. The average Bonchev–Trinajstić information content (AvgIpc) is 3.23. The fourth-order valence-corrected chi connectivity index (χ4v) is 4.57. The summed E-state index contributed by atoms with van der Waals surface area (Å²) in [6, 6.07) is 12.5. The number of sulfonamides is 1. The van der Waals surface area contributed by atoms with Crippen molar-refractivity contribution in [1.82, 2.24) is 4.31 Å². The summed E-state index contributed by atoms with van der Waals surface area (Å²) < 4.78 is 32.2. The molecule has 1 N–H and O–H groups in total. The molecule has 0 bridgehead atoms. The number of esters is 1. The summed E-state index contributed by atoms with van der Waals surface area (Å²) in [7, 11) is -3.49. The molecule has 9 heteroatoms. The van der Waals surface area contributed by atoms with Crippen molar-refractivity contribution in [2.24, 2.45) is 0 Å². The number of hydrogen-bond acceptors (Lipinski definition) is 5. The molecular formula is C19H19BrN2O5S. The van der Waals surface area contributed by atoms with Crippen LogP contribution in [0.15, 0.2) is 57.9 Å². The monoisotopic (exact) mass is 466 g/mol. The van der Waals surface area contributed by atoms with Crippen molar-refractivity contribution in [2.45, 2.75) is 17.7 Å². The van der Waals surface area contributed by atoms with Crippen molar-refractivity contribution in [3.8, 4) is 0 Å². The second-order valence-electron chi connectivity index (χ2n) is 6.27. The van der Waals surface area contributed by atoms with Gasteiger partial charge in [0.1, 0.15) is 0 Å². The highest BCUT2D eigenvalue weighted by Gasteiger charge is 2.26. The smallest absolute Gasteiger partial charge is 0.338 e. The molecule has 2 aromatic carbocycles. The van der Waals surface area contributed by atoms with Gasteiger partial charge in [0, 0.05) is 23.2 Å². The zero-order valence-electron chi connectivity index (χ0n) is 14.9. The van der Waals surface area contributed by atoms with Gasteiger partial charge in [-0.3, -0.25) is 4.79 Å². The van der Waals surface area contributed by atoms with Crippen molar-refractivity contribution < 1.29 is 22.7 Å². The average molecular weight is 467 g/mol. The van der Waals surface area contributed by atoms with E-state index in [9.17, 15) is 18.0 Å². The van der Waals surface area contributed by atoms with E-state index < -0.39 is 28.5 Å². The van der Waals surface area contributed by atoms with Crippen LogP contribution in [-0.4, -0.2) is 44.3 Å². The Morgan fingerprint density at radius 3 is 2.21 bits per heavy atom. The molecule has 1 aliphatic heterocycles. The fourth-order valence-electron chi connectivity index (χ4n) is 2.79. The number of amides is 1. The molecule has 148 valence electrons. The van der Waals surface area contributed by atoms with E-state index in [1.54, 1.807) is 24.3 Å². The van der Waals surface area contributed by atoms with Crippen molar-refractivity contribution in [2.75, 3.05) is 25.0 Å². The van der Waals surface area contributed by atoms with E-state index >= 15 is 0 Å². The number of nitrogens with one attached hydrogen (secondary N) is 1. The van der Waals surface area contributed by atoms with Gasteiger partial charge in [0.05, 0.1) is 10.5 Å². The van der Waals surface area contributed by atoms with Crippen LogP contribution in [-0.2, 0) is 19.6 Å². The molecule has 0 radical (unpaired) electrons. The first-order chi connectivity index (χ1) is 13.4. The number of carbonyl (C=O) groups excluding carboxylic acids is 2. The van der Waals surface area contributed by atoms with E-state index in [1.165, 1.54) is 28.6 Å². The Morgan fingerprint density at radius 1 is 1.00 bits per heavy atom. The third kappa shape index (κ3) is 4.98. The zero-order chi connectivity index (χ0) is 20.1. The first kappa shape index (κ1) is 20.5. The van der Waals surface area contributed by atoms with E-state index in [2.05, 4.69) is 21.2 Å². The molecule has 7 nitrogen and oxygen atoms in total. The Morgan fingerprint density at radius 2 is 1.61 bits per heavy atom. The second kappa shape index (κ2) is 8.85. The number of rotatable bonds is 6. The molecule has 0 aromatic heterocycles. The lowest BCUT2D eigenvalue weighted by Crippen LogP contribution is -2.27. The molecule has 0 spiro atoms. The Labute approximate surface area is 171 Å². The number of benzene rings is 2. The fraction of sp³-hybridized carbons (Fsp3) is 0.263.